The van der Waals surface area contributed by atoms with Crippen molar-refractivity contribution in [1.29, 1.82) is 0 Å². The minimum absolute atomic E-state index is 0.0593. The molecule has 0 saturated heterocycles. The van der Waals surface area contributed by atoms with E-state index in [-0.39, 0.29) is 27.1 Å². The summed E-state index contributed by atoms with van der Waals surface area (Å²) in [5.74, 6) is 1.91. The SMILES string of the molecule is CC1=CC2(c3ccccc3-c3ccc4c(c32)C2(C)C=CC(C)(C(C)(C)C)C3=C2C(C)(C=C2C(C)(C)c5ccccc5C23C)N4c2ccc(-c3ccccc3)cc2)C2CC(C)CC1C2. The fourth-order valence-electron chi connectivity index (χ4n) is 15.7. The molecule has 8 atom stereocenters. The molecule has 1 saturated carbocycles. The van der Waals surface area contributed by atoms with E-state index in [1.165, 1.54) is 80.7 Å². The monoisotopic (exact) mass is 824 g/mol. The summed E-state index contributed by atoms with van der Waals surface area (Å²) in [6.45, 7) is 27.9. The molecular weight excluding hydrogens is 759 g/mol. The van der Waals surface area contributed by atoms with Crippen molar-refractivity contribution in [2.45, 2.75) is 123 Å². The van der Waals surface area contributed by atoms with Gasteiger partial charge in [0.25, 0.3) is 0 Å². The molecule has 1 spiro atoms. The topological polar surface area (TPSA) is 3.24 Å². The van der Waals surface area contributed by atoms with E-state index in [4.69, 9.17) is 0 Å². The molecule has 0 amide bonds. The lowest BCUT2D eigenvalue weighted by Gasteiger charge is -2.65. The molecule has 0 radical (unpaired) electrons. The maximum absolute atomic E-state index is 2.82. The van der Waals surface area contributed by atoms with Crippen molar-refractivity contribution < 1.29 is 0 Å². The number of allylic oxidation sites excluding steroid dienone is 6. The molecule has 6 aliphatic carbocycles. The van der Waals surface area contributed by atoms with Crippen LogP contribution in [0.5, 0.6) is 0 Å². The molecule has 1 heteroatoms. The van der Waals surface area contributed by atoms with Crippen LogP contribution in [0.4, 0.5) is 11.4 Å². The van der Waals surface area contributed by atoms with Crippen LogP contribution in [0, 0.1) is 28.6 Å². The van der Waals surface area contributed by atoms with Crippen LogP contribution in [0.3, 0.4) is 0 Å². The van der Waals surface area contributed by atoms with E-state index < -0.39 is 11.0 Å². The summed E-state index contributed by atoms with van der Waals surface area (Å²) in [5.41, 5.74) is 20.1. The molecule has 1 aliphatic heterocycles. The average Bonchev–Trinajstić information content (AvgIpc) is 3.63. The Labute approximate surface area is 377 Å². The van der Waals surface area contributed by atoms with E-state index in [9.17, 15) is 0 Å². The van der Waals surface area contributed by atoms with Crippen LogP contribution in [0.2, 0.25) is 0 Å². The van der Waals surface area contributed by atoms with Gasteiger partial charge in [0.2, 0.25) is 0 Å². The van der Waals surface area contributed by atoms with Crippen molar-refractivity contribution in [2.75, 3.05) is 4.90 Å². The maximum atomic E-state index is 2.82. The van der Waals surface area contributed by atoms with Crippen molar-refractivity contribution in [2.24, 2.45) is 28.6 Å². The van der Waals surface area contributed by atoms with Crippen LogP contribution in [0.1, 0.15) is 123 Å². The molecule has 8 unspecified atom stereocenters. The lowest BCUT2D eigenvalue weighted by Crippen LogP contribution is -2.62. The summed E-state index contributed by atoms with van der Waals surface area (Å²) in [5, 5.41) is 0. The highest BCUT2D eigenvalue weighted by atomic mass is 15.2. The molecule has 63 heavy (non-hydrogen) atoms. The van der Waals surface area contributed by atoms with Crippen LogP contribution in [0.15, 0.2) is 162 Å². The largest absolute Gasteiger partial charge is 0.328 e. The zero-order valence-corrected chi connectivity index (χ0v) is 39.6. The summed E-state index contributed by atoms with van der Waals surface area (Å²) in [7, 11) is 0. The van der Waals surface area contributed by atoms with E-state index in [1.54, 1.807) is 22.3 Å². The number of rotatable bonds is 2. The van der Waals surface area contributed by atoms with Gasteiger partial charge < -0.3 is 4.90 Å². The Hall–Kier alpha value is -5.14. The summed E-state index contributed by atoms with van der Waals surface area (Å²) >= 11 is 0. The Morgan fingerprint density at radius 3 is 1.95 bits per heavy atom. The first-order valence-corrected chi connectivity index (χ1v) is 24.1. The lowest BCUT2D eigenvalue weighted by atomic mass is 9.43. The highest BCUT2D eigenvalue weighted by molar-refractivity contribution is 5.93. The first kappa shape index (κ1) is 39.5. The molecule has 12 rings (SSSR count). The Morgan fingerprint density at radius 2 is 1.24 bits per heavy atom. The Bertz CT molecular complexity index is 2930. The van der Waals surface area contributed by atoms with Gasteiger partial charge in [-0.15, -0.1) is 0 Å². The van der Waals surface area contributed by atoms with Gasteiger partial charge >= 0.3 is 0 Å². The van der Waals surface area contributed by atoms with E-state index in [0.29, 0.717) is 17.8 Å². The highest BCUT2D eigenvalue weighted by Gasteiger charge is 2.68. The Morgan fingerprint density at radius 1 is 0.587 bits per heavy atom. The van der Waals surface area contributed by atoms with Gasteiger partial charge in [0.1, 0.15) is 0 Å². The number of benzene rings is 5. The fraction of sp³-hybridized carbons (Fsp3) is 0.387. The smallest absolute Gasteiger partial charge is 0.0836 e. The second-order valence-corrected chi connectivity index (χ2v) is 23.4. The first-order valence-electron chi connectivity index (χ1n) is 24.1. The van der Waals surface area contributed by atoms with E-state index in [1.807, 2.05) is 0 Å². The number of hydrogen-bond acceptors (Lipinski definition) is 1. The second-order valence-electron chi connectivity index (χ2n) is 23.4. The average molecular weight is 824 g/mol. The third-order valence-corrected chi connectivity index (χ3v) is 18.8. The summed E-state index contributed by atoms with van der Waals surface area (Å²) in [6.07, 6.45) is 14.9. The van der Waals surface area contributed by atoms with Crippen molar-refractivity contribution in [1.82, 2.24) is 0 Å². The predicted molar refractivity (Wildman–Crippen MR) is 265 cm³/mol. The van der Waals surface area contributed by atoms with Crippen LogP contribution in [-0.4, -0.2) is 5.54 Å². The molecule has 1 nitrogen and oxygen atoms in total. The molecule has 0 N–H and O–H groups in total. The third-order valence-electron chi connectivity index (χ3n) is 18.8. The first-order chi connectivity index (χ1) is 29.9. The van der Waals surface area contributed by atoms with Crippen molar-refractivity contribution >= 4 is 11.4 Å². The zero-order chi connectivity index (χ0) is 43.9. The number of fused-ring (bicyclic) bond motifs is 15. The van der Waals surface area contributed by atoms with Gasteiger partial charge in [-0.25, -0.2) is 0 Å². The van der Waals surface area contributed by atoms with Gasteiger partial charge in [0.15, 0.2) is 0 Å². The van der Waals surface area contributed by atoms with Crippen LogP contribution < -0.4 is 4.90 Å². The molecule has 5 aromatic carbocycles. The predicted octanol–water partition coefficient (Wildman–Crippen LogP) is 15.9. The molecule has 1 heterocycles. The molecule has 7 aliphatic rings. The van der Waals surface area contributed by atoms with Crippen LogP contribution in [-0.2, 0) is 21.7 Å². The Kier molecular flexibility index (Phi) is 7.73. The second kappa shape index (κ2) is 12.3. The van der Waals surface area contributed by atoms with Gasteiger partial charge in [0, 0.05) is 38.4 Å². The van der Waals surface area contributed by atoms with E-state index in [0.717, 1.165) is 0 Å². The maximum Gasteiger partial charge on any atom is 0.0836 e. The summed E-state index contributed by atoms with van der Waals surface area (Å²) in [6, 6.07) is 44.6. The molecule has 1 fully saturated rings. The molecule has 0 aromatic heterocycles. The Balaban J connectivity index is 1.25. The summed E-state index contributed by atoms with van der Waals surface area (Å²) < 4.78 is 0. The van der Waals surface area contributed by atoms with Gasteiger partial charge in [-0.05, 0) is 155 Å². The molecular formula is C62H65N. The van der Waals surface area contributed by atoms with Crippen LogP contribution in [0.25, 0.3) is 22.3 Å². The third kappa shape index (κ3) is 4.65. The zero-order valence-electron chi connectivity index (χ0n) is 39.6. The van der Waals surface area contributed by atoms with E-state index in [2.05, 4.69) is 221 Å². The van der Waals surface area contributed by atoms with Gasteiger partial charge in [-0.1, -0.05) is 175 Å². The van der Waals surface area contributed by atoms with Gasteiger partial charge in [-0.2, -0.15) is 0 Å². The van der Waals surface area contributed by atoms with Crippen molar-refractivity contribution in [3.05, 3.63) is 190 Å². The van der Waals surface area contributed by atoms with Gasteiger partial charge in [0.05, 0.1) is 5.54 Å². The molecule has 5 aromatic rings. The summed E-state index contributed by atoms with van der Waals surface area (Å²) in [4.78, 5) is 2.82. The molecule has 2 bridgehead atoms. The van der Waals surface area contributed by atoms with Crippen molar-refractivity contribution in [3.63, 3.8) is 0 Å². The quantitative estimate of drug-likeness (QED) is 0.160. The van der Waals surface area contributed by atoms with Crippen molar-refractivity contribution in [3.8, 4) is 22.3 Å². The minimum atomic E-state index is -0.480. The van der Waals surface area contributed by atoms with Crippen LogP contribution >= 0.6 is 0 Å². The fourth-order valence-corrected chi connectivity index (χ4v) is 15.7. The normalized spacial score (nSPS) is 33.8. The number of hydrogen-bond donors (Lipinski definition) is 0. The highest BCUT2D eigenvalue weighted by Crippen LogP contribution is 2.74. The lowest BCUT2D eigenvalue weighted by molar-refractivity contribution is 0.166. The standard InChI is InChI=1S/C62H65N/c1-38-33-42-35-43(34-38)62(36-39(42)2)47-22-16-15-21-45(47)46-29-30-50-53(52(46)62)58(8)31-32-59(9,56(3,4)5)55-54(58)60(10,37-51-57(6,7)48-23-17-18-24-49(48)61(51,55)11)63(50)44-27-25-41(26-28-44)40-19-13-12-14-20-40/h12-32,36-38,42-43H,33-35H2,1-11H3. The molecule has 318 valence electrons. The number of nitrogens with zero attached hydrogens (tertiary/aromatic N) is 1. The van der Waals surface area contributed by atoms with Gasteiger partial charge in [-0.3, -0.25) is 0 Å². The van der Waals surface area contributed by atoms with E-state index >= 15 is 0 Å². The minimum Gasteiger partial charge on any atom is -0.328 e. The number of anilines is 2.